The molecule has 0 saturated carbocycles. The molecule has 3 heterocycles. The number of halogens is 3. The average molecular weight is 301 g/mol. The molecular weight excluding hydrogens is 283 g/mol. The minimum absolute atomic E-state index is 0.107. The molecule has 21 heavy (non-hydrogen) atoms. The van der Waals surface area contributed by atoms with E-state index in [2.05, 4.69) is 25.7 Å². The van der Waals surface area contributed by atoms with Crippen molar-refractivity contribution >= 4 is 5.95 Å². The molecule has 0 aliphatic carbocycles. The van der Waals surface area contributed by atoms with Crippen molar-refractivity contribution in [3.05, 3.63) is 18.5 Å². The highest BCUT2D eigenvalue weighted by molar-refractivity contribution is 5.28. The van der Waals surface area contributed by atoms with Crippen molar-refractivity contribution in [3.8, 4) is 0 Å². The van der Waals surface area contributed by atoms with Crippen LogP contribution in [0, 0.1) is 5.92 Å². The van der Waals surface area contributed by atoms with Crippen LogP contribution < -0.4 is 15.8 Å². The lowest BCUT2D eigenvalue weighted by atomic mass is 9.87. The summed E-state index contributed by atoms with van der Waals surface area (Å²) in [5.74, 6) is 0.950. The number of aromatic nitrogens is 2. The van der Waals surface area contributed by atoms with Gasteiger partial charge in [-0.3, -0.25) is 5.43 Å². The quantitative estimate of drug-likeness (QED) is 0.867. The average Bonchev–Trinajstić information content (AvgIpc) is 2.98. The van der Waals surface area contributed by atoms with Gasteiger partial charge < -0.3 is 4.90 Å². The van der Waals surface area contributed by atoms with Gasteiger partial charge in [0, 0.05) is 31.5 Å². The first-order chi connectivity index (χ1) is 10.0. The summed E-state index contributed by atoms with van der Waals surface area (Å²) in [4.78, 5) is 10.5. The Morgan fingerprint density at radius 1 is 1.10 bits per heavy atom. The molecule has 0 bridgehead atoms. The number of piperidine rings is 1. The zero-order valence-corrected chi connectivity index (χ0v) is 11.5. The topological polar surface area (TPSA) is 53.1 Å². The van der Waals surface area contributed by atoms with E-state index in [1.807, 2.05) is 0 Å². The van der Waals surface area contributed by atoms with E-state index in [9.17, 15) is 13.2 Å². The first-order valence-corrected chi connectivity index (χ1v) is 7.14. The second-order valence-corrected chi connectivity index (χ2v) is 5.60. The van der Waals surface area contributed by atoms with E-state index in [4.69, 9.17) is 0 Å². The Labute approximate surface area is 120 Å². The molecule has 2 aliphatic rings. The largest absolute Gasteiger partial charge is 0.405 e. The maximum atomic E-state index is 12.7. The Bertz CT molecular complexity index is 459. The summed E-state index contributed by atoms with van der Waals surface area (Å²) < 4.78 is 38.0. The van der Waals surface area contributed by atoms with Gasteiger partial charge in [0.25, 0.3) is 0 Å². The van der Waals surface area contributed by atoms with Gasteiger partial charge in [-0.15, -0.1) is 0 Å². The summed E-state index contributed by atoms with van der Waals surface area (Å²) in [5, 5.41) is 0. The maximum Gasteiger partial charge on any atom is 0.405 e. The fourth-order valence-electron chi connectivity index (χ4n) is 3.06. The third kappa shape index (κ3) is 3.26. The van der Waals surface area contributed by atoms with Crippen LogP contribution >= 0.6 is 0 Å². The lowest BCUT2D eigenvalue weighted by Crippen LogP contribution is -2.44. The van der Waals surface area contributed by atoms with Gasteiger partial charge in [0.15, 0.2) is 0 Å². The highest BCUT2D eigenvalue weighted by Gasteiger charge is 2.46. The molecular formula is C13H18F3N5. The summed E-state index contributed by atoms with van der Waals surface area (Å²) >= 11 is 0. The molecule has 0 aromatic carbocycles. The fraction of sp³-hybridized carbons (Fsp3) is 0.692. The normalized spacial score (nSPS) is 28.0. The van der Waals surface area contributed by atoms with E-state index in [1.165, 1.54) is 0 Å². The number of alkyl halides is 3. The van der Waals surface area contributed by atoms with E-state index < -0.39 is 12.2 Å². The third-order valence-electron chi connectivity index (χ3n) is 4.27. The summed E-state index contributed by atoms with van der Waals surface area (Å²) in [7, 11) is 0. The van der Waals surface area contributed by atoms with E-state index in [-0.39, 0.29) is 18.4 Å². The summed E-state index contributed by atoms with van der Waals surface area (Å²) in [5.41, 5.74) is 5.19. The molecule has 0 amide bonds. The van der Waals surface area contributed by atoms with Crippen molar-refractivity contribution in [2.75, 3.05) is 18.0 Å². The first kappa shape index (κ1) is 14.5. The monoisotopic (exact) mass is 301 g/mol. The Hall–Kier alpha value is -1.41. The van der Waals surface area contributed by atoms with Crippen molar-refractivity contribution in [2.45, 2.75) is 37.5 Å². The van der Waals surface area contributed by atoms with E-state index in [1.54, 1.807) is 18.5 Å². The summed E-state index contributed by atoms with van der Waals surface area (Å²) in [6.07, 6.45) is 1.02. The highest BCUT2D eigenvalue weighted by Crippen LogP contribution is 2.31. The van der Waals surface area contributed by atoms with Crippen molar-refractivity contribution in [2.24, 2.45) is 5.92 Å². The molecule has 1 aromatic rings. The number of anilines is 1. The van der Waals surface area contributed by atoms with Crippen molar-refractivity contribution in [1.82, 2.24) is 20.8 Å². The molecule has 116 valence electrons. The van der Waals surface area contributed by atoms with Gasteiger partial charge in [0.1, 0.15) is 6.04 Å². The molecule has 2 N–H and O–H groups in total. The fourth-order valence-corrected chi connectivity index (χ4v) is 3.06. The molecule has 2 aliphatic heterocycles. The van der Waals surface area contributed by atoms with Crippen LogP contribution in [-0.2, 0) is 0 Å². The number of hydrogen-bond acceptors (Lipinski definition) is 5. The smallest absolute Gasteiger partial charge is 0.341 e. The van der Waals surface area contributed by atoms with Crippen LogP contribution in [-0.4, -0.2) is 41.3 Å². The maximum absolute atomic E-state index is 12.7. The molecule has 5 nitrogen and oxygen atoms in total. The number of rotatable bonds is 2. The zero-order valence-electron chi connectivity index (χ0n) is 11.5. The van der Waals surface area contributed by atoms with Gasteiger partial charge >= 0.3 is 6.18 Å². The second kappa shape index (κ2) is 5.76. The molecule has 3 rings (SSSR count). The molecule has 2 unspecified atom stereocenters. The number of hydrogen-bond donors (Lipinski definition) is 2. The van der Waals surface area contributed by atoms with Crippen LogP contribution in [0.1, 0.15) is 19.3 Å². The van der Waals surface area contributed by atoms with Gasteiger partial charge in [-0.05, 0) is 31.2 Å². The second-order valence-electron chi connectivity index (χ2n) is 5.60. The minimum Gasteiger partial charge on any atom is -0.341 e. The lowest BCUT2D eigenvalue weighted by Gasteiger charge is -2.34. The molecule has 2 saturated heterocycles. The number of nitrogens with one attached hydrogen (secondary N) is 2. The number of hydrazine groups is 1. The predicted molar refractivity (Wildman–Crippen MR) is 71.5 cm³/mol. The van der Waals surface area contributed by atoms with Crippen LogP contribution in [0.3, 0.4) is 0 Å². The predicted octanol–water partition coefficient (Wildman–Crippen LogP) is 1.49. The number of nitrogens with zero attached hydrogens (tertiary/aromatic N) is 3. The van der Waals surface area contributed by atoms with Gasteiger partial charge in [-0.25, -0.2) is 15.4 Å². The highest BCUT2D eigenvalue weighted by atomic mass is 19.4. The van der Waals surface area contributed by atoms with E-state index in [0.29, 0.717) is 5.95 Å². The van der Waals surface area contributed by atoms with Gasteiger partial charge in [-0.1, -0.05) is 0 Å². The first-order valence-electron chi connectivity index (χ1n) is 7.14. The Kier molecular flexibility index (Phi) is 3.99. The Balaban J connectivity index is 1.53. The summed E-state index contributed by atoms with van der Waals surface area (Å²) in [6.45, 7) is 1.56. The molecule has 8 heteroatoms. The lowest BCUT2D eigenvalue weighted by molar-refractivity contribution is -0.153. The van der Waals surface area contributed by atoms with Crippen LogP contribution in [0.15, 0.2) is 18.5 Å². The van der Waals surface area contributed by atoms with Crippen molar-refractivity contribution in [3.63, 3.8) is 0 Å². The van der Waals surface area contributed by atoms with Crippen LogP contribution in [0.5, 0.6) is 0 Å². The van der Waals surface area contributed by atoms with Crippen LogP contribution in [0.25, 0.3) is 0 Å². The minimum atomic E-state index is -4.18. The van der Waals surface area contributed by atoms with Crippen LogP contribution in [0.4, 0.5) is 19.1 Å². The molecule has 2 fully saturated rings. The van der Waals surface area contributed by atoms with Gasteiger partial charge in [0.05, 0.1) is 0 Å². The van der Waals surface area contributed by atoms with E-state index >= 15 is 0 Å². The molecule has 1 aromatic heterocycles. The standard InChI is InChI=1S/C13H18F3N5/c14-13(15,16)11-8-10(19-20-11)9-2-6-21(7-3-9)12-17-4-1-5-18-12/h1,4-5,9-11,19-20H,2-3,6-8H2. The summed E-state index contributed by atoms with van der Waals surface area (Å²) in [6, 6.07) is 0.218. The zero-order chi connectivity index (χ0) is 14.9. The molecule has 0 radical (unpaired) electrons. The molecule has 0 spiro atoms. The van der Waals surface area contributed by atoms with Crippen molar-refractivity contribution in [1.29, 1.82) is 0 Å². The van der Waals surface area contributed by atoms with E-state index in [0.717, 1.165) is 25.9 Å². The van der Waals surface area contributed by atoms with Gasteiger partial charge in [-0.2, -0.15) is 13.2 Å². The Morgan fingerprint density at radius 3 is 2.33 bits per heavy atom. The van der Waals surface area contributed by atoms with Gasteiger partial charge in [0.2, 0.25) is 5.95 Å². The molecule has 2 atom stereocenters. The van der Waals surface area contributed by atoms with Crippen molar-refractivity contribution < 1.29 is 13.2 Å². The Morgan fingerprint density at radius 2 is 1.76 bits per heavy atom. The van der Waals surface area contributed by atoms with Crippen LogP contribution in [0.2, 0.25) is 0 Å². The SMILES string of the molecule is FC(F)(F)C1CC(C2CCN(c3ncccn3)CC2)NN1. The third-order valence-corrected chi connectivity index (χ3v) is 4.27.